The zero-order valence-corrected chi connectivity index (χ0v) is 7.56. The molecule has 2 rings (SSSR count). The molecule has 0 radical (unpaired) electrons. The molecular formula is C9H12N2O2. The number of hydrogen-bond acceptors (Lipinski definition) is 3. The normalized spacial score (nSPS) is 16.7. The van der Waals surface area contributed by atoms with Crippen molar-refractivity contribution < 1.29 is 9.53 Å². The topological polar surface area (TPSA) is 44.1 Å². The maximum absolute atomic E-state index is 11.3. The van der Waals surface area contributed by atoms with E-state index < -0.39 is 0 Å². The number of esters is 1. The largest absolute Gasteiger partial charge is 0.423 e. The van der Waals surface area contributed by atoms with Crippen LogP contribution in [0.25, 0.3) is 0 Å². The highest BCUT2D eigenvalue weighted by Crippen LogP contribution is 2.27. The van der Waals surface area contributed by atoms with E-state index in [2.05, 4.69) is 5.10 Å². The smallest absolute Gasteiger partial charge is 0.314 e. The summed E-state index contributed by atoms with van der Waals surface area (Å²) in [7, 11) is 1.79. The first-order valence-corrected chi connectivity index (χ1v) is 4.46. The molecule has 1 aliphatic rings. The van der Waals surface area contributed by atoms with E-state index >= 15 is 0 Å². The summed E-state index contributed by atoms with van der Waals surface area (Å²) >= 11 is 0. The highest BCUT2D eigenvalue weighted by atomic mass is 16.5. The Bertz CT molecular complexity index is 315. The molecule has 0 spiro atoms. The molecule has 0 amide bonds. The van der Waals surface area contributed by atoms with Gasteiger partial charge >= 0.3 is 5.97 Å². The maximum atomic E-state index is 11.3. The van der Waals surface area contributed by atoms with Gasteiger partial charge in [0, 0.05) is 7.05 Å². The molecule has 1 heterocycles. The van der Waals surface area contributed by atoms with Gasteiger partial charge in [0.25, 0.3) is 0 Å². The van der Waals surface area contributed by atoms with Crippen molar-refractivity contribution in [3.63, 3.8) is 0 Å². The average Bonchev–Trinajstić information content (AvgIpc) is 2.31. The lowest BCUT2D eigenvalue weighted by molar-refractivity contribution is -0.141. The van der Waals surface area contributed by atoms with E-state index in [0.717, 1.165) is 19.3 Å². The molecule has 0 aromatic carbocycles. The standard InChI is InChI=1S/C9H12N2O2/c1-11-6-8(5-10-11)13-9(12)7-3-2-4-7/h5-7H,2-4H2,1H3. The predicted octanol–water partition coefficient (Wildman–Crippen LogP) is 1.13. The van der Waals surface area contributed by atoms with E-state index in [4.69, 9.17) is 4.74 Å². The second kappa shape index (κ2) is 3.20. The third-order valence-electron chi connectivity index (χ3n) is 2.34. The summed E-state index contributed by atoms with van der Waals surface area (Å²) in [6.45, 7) is 0. The molecule has 0 aliphatic heterocycles. The number of carbonyl (C=O) groups excluding carboxylic acids is 1. The highest BCUT2D eigenvalue weighted by Gasteiger charge is 2.27. The number of carbonyl (C=O) groups is 1. The molecule has 0 N–H and O–H groups in total. The summed E-state index contributed by atoms with van der Waals surface area (Å²) in [5.74, 6) is 0.554. The number of rotatable bonds is 2. The number of aromatic nitrogens is 2. The van der Waals surface area contributed by atoms with E-state index in [1.54, 1.807) is 24.1 Å². The molecule has 1 saturated carbocycles. The summed E-state index contributed by atoms with van der Waals surface area (Å²) in [6.07, 6.45) is 6.33. The van der Waals surface area contributed by atoms with Crippen molar-refractivity contribution in [2.75, 3.05) is 0 Å². The number of ether oxygens (including phenoxy) is 1. The van der Waals surface area contributed by atoms with Crippen LogP contribution in [-0.4, -0.2) is 15.7 Å². The molecule has 0 saturated heterocycles. The zero-order valence-electron chi connectivity index (χ0n) is 7.56. The Labute approximate surface area is 76.5 Å². The number of hydrogen-bond donors (Lipinski definition) is 0. The van der Waals surface area contributed by atoms with Gasteiger partial charge in [-0.1, -0.05) is 6.42 Å². The van der Waals surface area contributed by atoms with Crippen LogP contribution in [0.5, 0.6) is 5.75 Å². The van der Waals surface area contributed by atoms with E-state index in [1.165, 1.54) is 0 Å². The molecule has 4 heteroatoms. The first-order chi connectivity index (χ1) is 6.25. The molecule has 1 fully saturated rings. The minimum absolute atomic E-state index is 0.112. The molecule has 0 atom stereocenters. The molecule has 13 heavy (non-hydrogen) atoms. The van der Waals surface area contributed by atoms with E-state index in [0.29, 0.717) is 5.75 Å². The highest BCUT2D eigenvalue weighted by molar-refractivity contribution is 5.75. The molecule has 1 aliphatic carbocycles. The third kappa shape index (κ3) is 1.71. The summed E-state index contributed by atoms with van der Waals surface area (Å²) in [5.41, 5.74) is 0. The Morgan fingerprint density at radius 2 is 2.46 bits per heavy atom. The van der Waals surface area contributed by atoms with Crippen molar-refractivity contribution in [3.05, 3.63) is 12.4 Å². The molecule has 0 bridgehead atoms. The van der Waals surface area contributed by atoms with Crippen LogP contribution in [0.15, 0.2) is 12.4 Å². The van der Waals surface area contributed by atoms with Crippen LogP contribution in [0.2, 0.25) is 0 Å². The van der Waals surface area contributed by atoms with Gasteiger partial charge in [0.05, 0.1) is 18.3 Å². The van der Waals surface area contributed by atoms with E-state index in [9.17, 15) is 4.79 Å². The second-order valence-corrected chi connectivity index (χ2v) is 3.40. The lowest BCUT2D eigenvalue weighted by Crippen LogP contribution is -2.26. The summed E-state index contributed by atoms with van der Waals surface area (Å²) in [4.78, 5) is 11.3. The summed E-state index contributed by atoms with van der Waals surface area (Å²) < 4.78 is 6.73. The molecule has 70 valence electrons. The first-order valence-electron chi connectivity index (χ1n) is 4.46. The summed E-state index contributed by atoms with van der Waals surface area (Å²) in [6, 6.07) is 0. The monoisotopic (exact) mass is 180 g/mol. The quantitative estimate of drug-likeness (QED) is 0.641. The fourth-order valence-electron chi connectivity index (χ4n) is 1.29. The van der Waals surface area contributed by atoms with Crippen molar-refractivity contribution in [1.82, 2.24) is 9.78 Å². The third-order valence-corrected chi connectivity index (χ3v) is 2.34. The SMILES string of the molecule is Cn1cc(OC(=O)C2CCC2)cn1. The Kier molecular flexibility index (Phi) is 2.04. The lowest BCUT2D eigenvalue weighted by atomic mass is 9.86. The lowest BCUT2D eigenvalue weighted by Gasteiger charge is -2.22. The Hall–Kier alpha value is -1.32. The molecule has 1 aromatic rings. The first kappa shape index (κ1) is 8.29. The van der Waals surface area contributed by atoms with Gasteiger partial charge in [-0.25, -0.2) is 0 Å². The van der Waals surface area contributed by atoms with Crippen LogP contribution < -0.4 is 4.74 Å². The van der Waals surface area contributed by atoms with Gasteiger partial charge in [-0.3, -0.25) is 9.48 Å². The van der Waals surface area contributed by atoms with Crippen LogP contribution in [0.4, 0.5) is 0 Å². The number of aryl methyl sites for hydroxylation is 1. The average molecular weight is 180 g/mol. The van der Waals surface area contributed by atoms with Gasteiger partial charge in [0.1, 0.15) is 0 Å². The summed E-state index contributed by atoms with van der Waals surface area (Å²) in [5, 5.41) is 3.91. The fourth-order valence-corrected chi connectivity index (χ4v) is 1.29. The van der Waals surface area contributed by atoms with Gasteiger partial charge in [0.15, 0.2) is 5.75 Å². The Morgan fingerprint density at radius 3 is 2.92 bits per heavy atom. The number of nitrogens with zero attached hydrogens (tertiary/aromatic N) is 2. The van der Waals surface area contributed by atoms with E-state index in [1.807, 2.05) is 0 Å². The predicted molar refractivity (Wildman–Crippen MR) is 46.2 cm³/mol. The van der Waals surface area contributed by atoms with E-state index in [-0.39, 0.29) is 11.9 Å². The van der Waals surface area contributed by atoms with Crippen molar-refractivity contribution >= 4 is 5.97 Å². The fraction of sp³-hybridized carbons (Fsp3) is 0.556. The minimum Gasteiger partial charge on any atom is -0.423 e. The molecule has 0 unspecified atom stereocenters. The van der Waals surface area contributed by atoms with Gasteiger partial charge in [-0.2, -0.15) is 5.10 Å². The van der Waals surface area contributed by atoms with Gasteiger partial charge < -0.3 is 4.74 Å². The molecular weight excluding hydrogens is 168 g/mol. The van der Waals surface area contributed by atoms with Crippen molar-refractivity contribution in [2.45, 2.75) is 19.3 Å². The maximum Gasteiger partial charge on any atom is 0.314 e. The second-order valence-electron chi connectivity index (χ2n) is 3.40. The Balaban J connectivity index is 1.93. The Morgan fingerprint density at radius 1 is 1.69 bits per heavy atom. The van der Waals surface area contributed by atoms with Gasteiger partial charge in [0.2, 0.25) is 0 Å². The van der Waals surface area contributed by atoms with Crippen LogP contribution in [0.1, 0.15) is 19.3 Å². The minimum atomic E-state index is -0.112. The van der Waals surface area contributed by atoms with Crippen molar-refractivity contribution in [3.8, 4) is 5.75 Å². The van der Waals surface area contributed by atoms with Crippen LogP contribution in [-0.2, 0) is 11.8 Å². The van der Waals surface area contributed by atoms with Crippen LogP contribution in [0.3, 0.4) is 0 Å². The zero-order chi connectivity index (χ0) is 9.26. The van der Waals surface area contributed by atoms with Gasteiger partial charge in [-0.05, 0) is 12.8 Å². The van der Waals surface area contributed by atoms with Crippen molar-refractivity contribution in [1.29, 1.82) is 0 Å². The molecule has 4 nitrogen and oxygen atoms in total. The van der Waals surface area contributed by atoms with Crippen LogP contribution in [0, 0.1) is 5.92 Å². The van der Waals surface area contributed by atoms with Crippen molar-refractivity contribution in [2.24, 2.45) is 13.0 Å². The van der Waals surface area contributed by atoms with Gasteiger partial charge in [-0.15, -0.1) is 0 Å². The molecule has 1 aromatic heterocycles. The van der Waals surface area contributed by atoms with Crippen LogP contribution >= 0.6 is 0 Å².